The molecule has 0 saturated heterocycles. The van der Waals surface area contributed by atoms with Crippen molar-refractivity contribution < 1.29 is 9.18 Å². The molecule has 1 rings (SSSR count). The zero-order chi connectivity index (χ0) is 12.8. The first-order valence-corrected chi connectivity index (χ1v) is 5.59. The molecule has 5 heteroatoms. The molecule has 0 aromatic heterocycles. The number of amides is 1. The van der Waals surface area contributed by atoms with Crippen molar-refractivity contribution in [3.63, 3.8) is 0 Å². The SMILES string of the molecule is CCC(CC#N)NC(=O)c1c(F)cccc1Cl. The van der Waals surface area contributed by atoms with Crippen LogP contribution in [0.1, 0.15) is 30.1 Å². The van der Waals surface area contributed by atoms with Crippen LogP contribution in [-0.4, -0.2) is 11.9 Å². The van der Waals surface area contributed by atoms with E-state index in [1.165, 1.54) is 18.2 Å². The summed E-state index contributed by atoms with van der Waals surface area (Å²) in [6.45, 7) is 1.84. The molecule has 1 aromatic rings. The molecule has 0 fully saturated rings. The summed E-state index contributed by atoms with van der Waals surface area (Å²) in [5.74, 6) is -1.25. The second kappa shape index (κ2) is 6.21. The molecule has 0 heterocycles. The topological polar surface area (TPSA) is 52.9 Å². The molecule has 17 heavy (non-hydrogen) atoms. The summed E-state index contributed by atoms with van der Waals surface area (Å²) < 4.78 is 13.4. The van der Waals surface area contributed by atoms with Crippen LogP contribution in [-0.2, 0) is 0 Å². The van der Waals surface area contributed by atoms with E-state index in [1.54, 1.807) is 0 Å². The first-order valence-electron chi connectivity index (χ1n) is 5.22. The van der Waals surface area contributed by atoms with Crippen molar-refractivity contribution in [2.45, 2.75) is 25.8 Å². The Bertz CT molecular complexity index is 436. The van der Waals surface area contributed by atoms with E-state index < -0.39 is 11.7 Å². The lowest BCUT2D eigenvalue weighted by atomic mass is 10.1. The Balaban J connectivity index is 2.87. The second-order valence-electron chi connectivity index (χ2n) is 3.54. The van der Waals surface area contributed by atoms with Gasteiger partial charge in [0.15, 0.2) is 0 Å². The van der Waals surface area contributed by atoms with Gasteiger partial charge in [-0.2, -0.15) is 5.26 Å². The monoisotopic (exact) mass is 254 g/mol. The van der Waals surface area contributed by atoms with Gasteiger partial charge in [-0.1, -0.05) is 24.6 Å². The number of rotatable bonds is 4. The predicted molar refractivity (Wildman–Crippen MR) is 63.2 cm³/mol. The van der Waals surface area contributed by atoms with Gasteiger partial charge in [-0.15, -0.1) is 0 Å². The van der Waals surface area contributed by atoms with Gasteiger partial charge in [-0.05, 0) is 18.6 Å². The molecule has 90 valence electrons. The van der Waals surface area contributed by atoms with Crippen molar-refractivity contribution in [2.24, 2.45) is 0 Å². The normalized spacial score (nSPS) is 11.6. The molecular formula is C12H12ClFN2O. The lowest BCUT2D eigenvalue weighted by Gasteiger charge is -2.14. The Morgan fingerprint density at radius 2 is 2.35 bits per heavy atom. The number of nitriles is 1. The van der Waals surface area contributed by atoms with Gasteiger partial charge in [-0.3, -0.25) is 4.79 Å². The third kappa shape index (κ3) is 3.43. The van der Waals surface area contributed by atoms with E-state index in [2.05, 4.69) is 5.32 Å². The Labute approximate surface area is 104 Å². The van der Waals surface area contributed by atoms with Crippen LogP contribution in [0.25, 0.3) is 0 Å². The number of nitrogens with zero attached hydrogens (tertiary/aromatic N) is 1. The highest BCUT2D eigenvalue weighted by molar-refractivity contribution is 6.33. The maximum Gasteiger partial charge on any atom is 0.256 e. The minimum atomic E-state index is -0.665. The van der Waals surface area contributed by atoms with Gasteiger partial charge in [0, 0.05) is 6.04 Å². The molecule has 3 nitrogen and oxygen atoms in total. The Morgan fingerprint density at radius 1 is 1.65 bits per heavy atom. The molecule has 1 amide bonds. The first kappa shape index (κ1) is 13.5. The number of halogens is 2. The molecule has 0 aliphatic heterocycles. The fourth-order valence-electron chi connectivity index (χ4n) is 1.38. The summed E-state index contributed by atoms with van der Waals surface area (Å²) in [5, 5.41) is 11.2. The highest BCUT2D eigenvalue weighted by atomic mass is 35.5. The largest absolute Gasteiger partial charge is 0.348 e. The standard InChI is InChI=1S/C12H12ClFN2O/c1-2-8(6-7-15)16-12(17)11-9(13)4-3-5-10(11)14/h3-5,8H,2,6H2,1H3,(H,16,17). The summed E-state index contributed by atoms with van der Waals surface area (Å²) in [6, 6.07) is 5.73. The maximum absolute atomic E-state index is 13.4. The van der Waals surface area contributed by atoms with Crippen LogP contribution < -0.4 is 5.32 Å². The van der Waals surface area contributed by atoms with Crippen molar-refractivity contribution in [1.82, 2.24) is 5.32 Å². The summed E-state index contributed by atoms with van der Waals surface area (Å²) >= 11 is 5.76. The number of benzene rings is 1. The molecule has 1 unspecified atom stereocenters. The average Bonchev–Trinajstić information content (AvgIpc) is 2.28. The number of nitrogens with one attached hydrogen (secondary N) is 1. The first-order chi connectivity index (χ1) is 8.10. The molecule has 1 aromatic carbocycles. The van der Waals surface area contributed by atoms with E-state index in [0.29, 0.717) is 6.42 Å². The van der Waals surface area contributed by atoms with Gasteiger partial charge in [-0.25, -0.2) is 4.39 Å². The van der Waals surface area contributed by atoms with Crippen molar-refractivity contribution >= 4 is 17.5 Å². The fourth-order valence-corrected chi connectivity index (χ4v) is 1.63. The van der Waals surface area contributed by atoms with Gasteiger partial charge in [0.1, 0.15) is 5.82 Å². The second-order valence-corrected chi connectivity index (χ2v) is 3.94. The lowest BCUT2D eigenvalue weighted by Crippen LogP contribution is -2.34. The van der Waals surface area contributed by atoms with E-state index in [9.17, 15) is 9.18 Å². The Kier molecular flexibility index (Phi) is 4.92. The van der Waals surface area contributed by atoms with E-state index in [4.69, 9.17) is 16.9 Å². The molecule has 1 N–H and O–H groups in total. The molecule has 0 radical (unpaired) electrons. The van der Waals surface area contributed by atoms with E-state index in [1.807, 2.05) is 13.0 Å². The fraction of sp³-hybridized carbons (Fsp3) is 0.333. The van der Waals surface area contributed by atoms with Crippen LogP contribution in [0, 0.1) is 17.1 Å². The van der Waals surface area contributed by atoms with Crippen molar-refractivity contribution in [2.75, 3.05) is 0 Å². The van der Waals surface area contributed by atoms with Crippen LogP contribution in [0.5, 0.6) is 0 Å². The molecule has 0 aliphatic rings. The van der Waals surface area contributed by atoms with Crippen LogP contribution >= 0.6 is 11.6 Å². The molecule has 0 aliphatic carbocycles. The quantitative estimate of drug-likeness (QED) is 0.898. The minimum absolute atomic E-state index is 0.0642. The highest BCUT2D eigenvalue weighted by Crippen LogP contribution is 2.19. The van der Waals surface area contributed by atoms with Gasteiger partial charge < -0.3 is 5.32 Å². The summed E-state index contributed by atoms with van der Waals surface area (Å²) in [5.41, 5.74) is -0.175. The summed E-state index contributed by atoms with van der Waals surface area (Å²) in [7, 11) is 0. The molecule has 0 spiro atoms. The molecular weight excluding hydrogens is 243 g/mol. The van der Waals surface area contributed by atoms with E-state index in [0.717, 1.165) is 0 Å². The smallest absolute Gasteiger partial charge is 0.256 e. The van der Waals surface area contributed by atoms with Gasteiger partial charge >= 0.3 is 0 Å². The maximum atomic E-state index is 13.4. The minimum Gasteiger partial charge on any atom is -0.348 e. The number of carbonyl (C=O) groups is 1. The lowest BCUT2D eigenvalue weighted by molar-refractivity contribution is 0.0932. The third-order valence-electron chi connectivity index (χ3n) is 2.36. The van der Waals surface area contributed by atoms with Gasteiger partial charge in [0.05, 0.1) is 23.1 Å². The van der Waals surface area contributed by atoms with Crippen LogP contribution in [0.3, 0.4) is 0 Å². The molecule has 0 bridgehead atoms. The predicted octanol–water partition coefficient (Wildman–Crippen LogP) is 2.90. The van der Waals surface area contributed by atoms with Crippen molar-refractivity contribution in [3.8, 4) is 6.07 Å². The molecule has 0 saturated carbocycles. The van der Waals surface area contributed by atoms with Gasteiger partial charge in [0.25, 0.3) is 5.91 Å². The summed E-state index contributed by atoms with van der Waals surface area (Å²) in [6.07, 6.45) is 0.791. The van der Waals surface area contributed by atoms with Crippen molar-refractivity contribution in [1.29, 1.82) is 5.26 Å². The van der Waals surface area contributed by atoms with E-state index in [-0.39, 0.29) is 23.0 Å². The van der Waals surface area contributed by atoms with Gasteiger partial charge in [0.2, 0.25) is 0 Å². The summed E-state index contributed by atoms with van der Waals surface area (Å²) in [4.78, 5) is 11.8. The molecule has 1 atom stereocenters. The highest BCUT2D eigenvalue weighted by Gasteiger charge is 2.18. The average molecular weight is 255 g/mol. The number of hydrogen-bond acceptors (Lipinski definition) is 2. The Morgan fingerprint density at radius 3 is 2.88 bits per heavy atom. The zero-order valence-electron chi connectivity index (χ0n) is 9.34. The van der Waals surface area contributed by atoms with Crippen LogP contribution in [0.2, 0.25) is 5.02 Å². The van der Waals surface area contributed by atoms with E-state index >= 15 is 0 Å². The van der Waals surface area contributed by atoms with Crippen molar-refractivity contribution in [3.05, 3.63) is 34.6 Å². The zero-order valence-corrected chi connectivity index (χ0v) is 10.1. The van der Waals surface area contributed by atoms with Crippen LogP contribution in [0.4, 0.5) is 4.39 Å². The third-order valence-corrected chi connectivity index (χ3v) is 2.67. The van der Waals surface area contributed by atoms with Crippen LogP contribution in [0.15, 0.2) is 18.2 Å². The number of hydrogen-bond donors (Lipinski definition) is 1. The Hall–Kier alpha value is -1.60. The number of carbonyl (C=O) groups excluding carboxylic acids is 1.